The van der Waals surface area contributed by atoms with Crippen LogP contribution in [0.5, 0.6) is 0 Å². The van der Waals surface area contributed by atoms with Crippen LogP contribution in [0.1, 0.15) is 142 Å². The summed E-state index contributed by atoms with van der Waals surface area (Å²) in [5.74, 6) is -0.895. The lowest BCUT2D eigenvalue weighted by Crippen LogP contribution is -2.37. The van der Waals surface area contributed by atoms with Crippen molar-refractivity contribution in [2.24, 2.45) is 0 Å². The van der Waals surface area contributed by atoms with Crippen molar-refractivity contribution in [2.75, 3.05) is 47.5 Å². The first-order valence-corrected chi connectivity index (χ1v) is 23.5. The molecule has 9 nitrogen and oxygen atoms in total. The van der Waals surface area contributed by atoms with Crippen molar-refractivity contribution in [1.82, 2.24) is 0 Å². The average Bonchev–Trinajstić information content (AvgIpc) is 3.17. The maximum atomic E-state index is 12.7. The highest BCUT2D eigenvalue weighted by Gasteiger charge is 2.27. The summed E-state index contributed by atoms with van der Waals surface area (Å²) in [5, 5.41) is 0. The predicted molar refractivity (Wildman–Crippen MR) is 242 cm³/mol. The van der Waals surface area contributed by atoms with Crippen LogP contribution in [-0.4, -0.2) is 74.9 Å². The fourth-order valence-corrected chi connectivity index (χ4v) is 5.90. The molecule has 10 heteroatoms. The van der Waals surface area contributed by atoms with Gasteiger partial charge < -0.3 is 18.9 Å². The van der Waals surface area contributed by atoms with Crippen molar-refractivity contribution in [1.29, 1.82) is 0 Å². The Kier molecular flexibility index (Phi) is 37.3. The van der Waals surface area contributed by atoms with E-state index in [2.05, 4.69) is 111 Å². The molecule has 58 heavy (non-hydrogen) atoms. The Hall–Kier alpha value is -3.07. The lowest BCUT2D eigenvalue weighted by molar-refractivity contribution is -0.870. The van der Waals surface area contributed by atoms with E-state index in [4.69, 9.17) is 18.5 Å². The van der Waals surface area contributed by atoms with Crippen LogP contribution in [0.25, 0.3) is 0 Å². The highest BCUT2D eigenvalue weighted by Crippen LogP contribution is 2.43. The van der Waals surface area contributed by atoms with E-state index in [9.17, 15) is 19.0 Å². The zero-order valence-electron chi connectivity index (χ0n) is 37.0. The highest BCUT2D eigenvalue weighted by atomic mass is 31.2. The monoisotopic (exact) mass is 831 g/mol. The lowest BCUT2D eigenvalue weighted by Gasteiger charge is -2.24. The molecule has 0 radical (unpaired) electrons. The first-order chi connectivity index (χ1) is 28.0. The summed E-state index contributed by atoms with van der Waals surface area (Å²) in [4.78, 5) is 35.3. The molecule has 0 saturated heterocycles. The van der Waals surface area contributed by atoms with Gasteiger partial charge in [0.15, 0.2) is 6.10 Å². The second kappa shape index (κ2) is 39.4. The number of nitrogens with zero attached hydrogens (tertiary/aromatic N) is 1. The van der Waals surface area contributed by atoms with Gasteiger partial charge in [0.1, 0.15) is 19.8 Å². The Morgan fingerprint density at radius 2 is 0.983 bits per heavy atom. The van der Waals surface area contributed by atoms with Crippen molar-refractivity contribution < 1.29 is 42.1 Å². The smallest absolute Gasteiger partial charge is 0.462 e. The van der Waals surface area contributed by atoms with Crippen molar-refractivity contribution >= 4 is 19.8 Å². The van der Waals surface area contributed by atoms with E-state index in [1.54, 1.807) is 0 Å². The van der Waals surface area contributed by atoms with Gasteiger partial charge in [-0.25, -0.2) is 4.57 Å². The molecule has 1 unspecified atom stereocenters. The third-order valence-corrected chi connectivity index (χ3v) is 9.58. The molecule has 0 fully saturated rings. The number of ether oxygens (including phenoxy) is 2. The summed E-state index contributed by atoms with van der Waals surface area (Å²) in [6, 6.07) is 0. The lowest BCUT2D eigenvalue weighted by atomic mass is 10.1. The summed E-state index contributed by atoms with van der Waals surface area (Å²) < 4.78 is 34.2. The van der Waals surface area contributed by atoms with Gasteiger partial charge in [-0.05, 0) is 96.3 Å². The second-order valence-corrected chi connectivity index (χ2v) is 16.8. The number of hydrogen-bond donors (Lipinski definition) is 1. The van der Waals surface area contributed by atoms with Gasteiger partial charge in [-0.1, -0.05) is 130 Å². The van der Waals surface area contributed by atoms with Crippen LogP contribution in [0, 0.1) is 0 Å². The molecule has 2 atom stereocenters. The minimum absolute atomic E-state index is 0.0126. The molecule has 0 aliphatic rings. The fourth-order valence-electron chi connectivity index (χ4n) is 5.16. The second-order valence-electron chi connectivity index (χ2n) is 15.3. The van der Waals surface area contributed by atoms with Gasteiger partial charge in [-0.15, -0.1) is 0 Å². The number of carbonyl (C=O) groups is 2. The zero-order valence-corrected chi connectivity index (χ0v) is 37.9. The summed E-state index contributed by atoms with van der Waals surface area (Å²) in [6.45, 7) is 4.16. The molecule has 1 N–H and O–H groups in total. The van der Waals surface area contributed by atoms with Crippen molar-refractivity contribution in [3.05, 3.63) is 97.2 Å². The summed E-state index contributed by atoms with van der Waals surface area (Å²) >= 11 is 0. The average molecular weight is 831 g/mol. The van der Waals surface area contributed by atoms with E-state index in [1.165, 1.54) is 25.7 Å². The van der Waals surface area contributed by atoms with Crippen LogP contribution in [0.2, 0.25) is 0 Å². The number of phosphoric ester groups is 1. The van der Waals surface area contributed by atoms with Crippen LogP contribution >= 0.6 is 7.82 Å². The molecular formula is C48H81NO8P+. The number of phosphoric acid groups is 1. The summed E-state index contributed by atoms with van der Waals surface area (Å²) in [7, 11) is 1.41. The molecule has 0 aliphatic heterocycles. The Morgan fingerprint density at radius 3 is 1.47 bits per heavy atom. The Bertz CT molecular complexity index is 1300. The molecule has 0 heterocycles. The standard InChI is InChI=1S/C48H80NO8P/c1-6-8-10-12-14-16-18-20-22-23-24-25-27-29-31-33-35-37-39-41-48(51)57-46(45-56-58(52,53)55-43-42-49(3,4)5)44-54-47(50)40-38-36-34-32-30-28-26-21-19-17-15-13-11-9-7-2/h9,11,14-17,20-22,24-26,29-32,46H,6-8,10,12-13,18-19,23,27-28,33-45H2,1-5H3/p+1/b11-9+,16-14+,17-15+,22-20+,25-24+,26-21+,31-29+,32-30+/t46-/m1/s1. The minimum atomic E-state index is -4.40. The molecule has 0 bridgehead atoms. The first-order valence-electron chi connectivity index (χ1n) is 22.0. The van der Waals surface area contributed by atoms with Gasteiger partial charge >= 0.3 is 19.8 Å². The van der Waals surface area contributed by atoms with Crippen molar-refractivity contribution in [2.45, 2.75) is 148 Å². The number of likely N-dealkylation sites (N-methyl/N-ethyl adjacent to an activating group) is 1. The molecule has 0 saturated carbocycles. The topological polar surface area (TPSA) is 108 Å². The van der Waals surface area contributed by atoms with Crippen LogP contribution < -0.4 is 0 Å². The van der Waals surface area contributed by atoms with Crippen LogP contribution in [-0.2, 0) is 32.7 Å². The van der Waals surface area contributed by atoms with E-state index in [0.717, 1.165) is 77.0 Å². The van der Waals surface area contributed by atoms with Gasteiger partial charge in [-0.2, -0.15) is 0 Å². The van der Waals surface area contributed by atoms with Gasteiger partial charge in [0.05, 0.1) is 27.7 Å². The van der Waals surface area contributed by atoms with Crippen LogP contribution in [0.4, 0.5) is 0 Å². The number of unbranched alkanes of at least 4 members (excludes halogenated alkanes) is 8. The predicted octanol–water partition coefficient (Wildman–Crippen LogP) is 12.6. The number of allylic oxidation sites excluding steroid dienone is 16. The van der Waals surface area contributed by atoms with E-state index in [-0.39, 0.29) is 26.1 Å². The van der Waals surface area contributed by atoms with Crippen molar-refractivity contribution in [3.8, 4) is 0 Å². The largest absolute Gasteiger partial charge is 0.472 e. The Morgan fingerprint density at radius 1 is 0.552 bits per heavy atom. The van der Waals surface area contributed by atoms with Crippen LogP contribution in [0.15, 0.2) is 97.2 Å². The number of quaternary nitrogens is 1. The van der Waals surface area contributed by atoms with E-state index >= 15 is 0 Å². The Labute approximate surface area is 353 Å². The molecule has 0 amide bonds. The third kappa shape index (κ3) is 42.5. The molecule has 0 aromatic rings. The van der Waals surface area contributed by atoms with E-state index in [0.29, 0.717) is 23.9 Å². The Balaban J connectivity index is 4.52. The number of carbonyl (C=O) groups excluding carboxylic acids is 2. The normalized spacial score (nSPS) is 14.5. The van der Waals surface area contributed by atoms with Gasteiger partial charge in [0.2, 0.25) is 0 Å². The third-order valence-electron chi connectivity index (χ3n) is 8.60. The number of rotatable bonds is 38. The number of esters is 2. The summed E-state index contributed by atoms with van der Waals surface area (Å²) in [6.07, 6.45) is 51.7. The molecular weight excluding hydrogens is 750 g/mol. The zero-order chi connectivity index (χ0) is 42.8. The maximum absolute atomic E-state index is 12.7. The highest BCUT2D eigenvalue weighted by molar-refractivity contribution is 7.47. The molecule has 330 valence electrons. The molecule has 0 spiro atoms. The maximum Gasteiger partial charge on any atom is 0.472 e. The van der Waals surface area contributed by atoms with Crippen LogP contribution in [0.3, 0.4) is 0 Å². The fraction of sp³-hybridized carbons (Fsp3) is 0.625. The van der Waals surface area contributed by atoms with E-state index < -0.39 is 32.5 Å². The van der Waals surface area contributed by atoms with Gasteiger partial charge in [-0.3, -0.25) is 18.6 Å². The minimum Gasteiger partial charge on any atom is -0.462 e. The molecule has 0 aliphatic carbocycles. The molecule has 0 aromatic carbocycles. The molecule has 0 aromatic heterocycles. The summed E-state index contributed by atoms with van der Waals surface area (Å²) in [5.41, 5.74) is 0. The SMILES string of the molecule is CC/C=C/C/C=C/C/C=C/C/C=C/CCCCC(=O)OC[C@H](COP(=O)(O)OCC[N+](C)(C)C)OC(=O)CCCCC/C=C/C/C=C/C/C=C/C/C=C/CCCCC. The first kappa shape index (κ1) is 54.9. The molecule has 0 rings (SSSR count). The van der Waals surface area contributed by atoms with E-state index in [1.807, 2.05) is 21.1 Å². The van der Waals surface area contributed by atoms with Gasteiger partial charge in [0, 0.05) is 12.8 Å². The van der Waals surface area contributed by atoms with Gasteiger partial charge in [0.25, 0.3) is 0 Å². The number of hydrogen-bond acceptors (Lipinski definition) is 7. The van der Waals surface area contributed by atoms with Crippen molar-refractivity contribution in [3.63, 3.8) is 0 Å². The quantitative estimate of drug-likeness (QED) is 0.0215.